The number of likely N-dealkylation sites (tertiary alicyclic amines) is 1. The summed E-state index contributed by atoms with van der Waals surface area (Å²) in [5, 5.41) is 14.8. The normalized spacial score (nSPS) is 15.0. The number of rotatable bonds is 3. The zero-order valence-electron chi connectivity index (χ0n) is 12.9. The number of hydrogen-bond donors (Lipinski definition) is 1. The van der Waals surface area contributed by atoms with E-state index in [2.05, 4.69) is 5.10 Å². The van der Waals surface area contributed by atoms with Crippen molar-refractivity contribution in [3.8, 4) is 5.69 Å². The van der Waals surface area contributed by atoms with Gasteiger partial charge in [0.05, 0.1) is 22.4 Å². The summed E-state index contributed by atoms with van der Waals surface area (Å²) in [4.78, 5) is 24.4. The Hall–Kier alpha value is -2.45. The van der Waals surface area contributed by atoms with E-state index < -0.39 is 4.92 Å². The molecule has 9 heteroatoms. The fourth-order valence-electron chi connectivity index (χ4n) is 2.59. The minimum absolute atomic E-state index is 0. The first-order chi connectivity index (χ1) is 11.0. The van der Waals surface area contributed by atoms with Crippen LogP contribution in [0.3, 0.4) is 0 Å². The minimum Gasteiger partial charge on any atom is -0.338 e. The molecule has 1 fully saturated rings. The fraction of sp³-hybridized carbons (Fsp3) is 0.333. The van der Waals surface area contributed by atoms with Crippen LogP contribution in [0.2, 0.25) is 0 Å². The maximum Gasteiger partial charge on any atom is 0.269 e. The van der Waals surface area contributed by atoms with Crippen LogP contribution in [-0.4, -0.2) is 44.6 Å². The first-order valence-corrected chi connectivity index (χ1v) is 7.39. The number of carbonyl (C=O) groups is 1. The fourth-order valence-corrected chi connectivity index (χ4v) is 2.59. The number of benzene rings is 1. The summed E-state index contributed by atoms with van der Waals surface area (Å²) in [6.07, 6.45) is 4.76. The van der Waals surface area contributed by atoms with Crippen molar-refractivity contribution in [3.05, 3.63) is 52.3 Å². The Morgan fingerprint density at radius 3 is 2.46 bits per heavy atom. The molecule has 0 spiro atoms. The predicted molar refractivity (Wildman–Crippen MR) is 90.6 cm³/mol. The monoisotopic (exact) mass is 351 g/mol. The molecule has 3 rings (SSSR count). The number of halogens is 1. The average Bonchev–Trinajstić information content (AvgIpc) is 3.05. The number of amides is 1. The van der Waals surface area contributed by atoms with Gasteiger partial charge >= 0.3 is 0 Å². The minimum atomic E-state index is -0.455. The lowest BCUT2D eigenvalue weighted by atomic mass is 10.1. The van der Waals surface area contributed by atoms with Crippen LogP contribution in [0.4, 0.5) is 5.69 Å². The second kappa shape index (κ2) is 7.41. The highest BCUT2D eigenvalue weighted by Gasteiger charge is 2.22. The molecular weight excluding hydrogens is 334 g/mol. The van der Waals surface area contributed by atoms with Crippen LogP contribution in [0.15, 0.2) is 36.7 Å². The highest BCUT2D eigenvalue weighted by molar-refractivity contribution is 5.93. The van der Waals surface area contributed by atoms with Gasteiger partial charge in [0.1, 0.15) is 0 Å². The topological polar surface area (TPSA) is 107 Å². The summed E-state index contributed by atoms with van der Waals surface area (Å²) in [6.45, 7) is 1.31. The van der Waals surface area contributed by atoms with Crippen LogP contribution in [0.25, 0.3) is 5.69 Å². The Morgan fingerprint density at radius 1 is 1.25 bits per heavy atom. The van der Waals surface area contributed by atoms with Gasteiger partial charge in [0.15, 0.2) is 0 Å². The molecule has 1 amide bonds. The lowest BCUT2D eigenvalue weighted by molar-refractivity contribution is -0.384. The van der Waals surface area contributed by atoms with E-state index in [4.69, 9.17) is 5.73 Å². The Bertz CT molecular complexity index is 723. The van der Waals surface area contributed by atoms with E-state index in [0.29, 0.717) is 24.3 Å². The van der Waals surface area contributed by atoms with Crippen molar-refractivity contribution in [1.82, 2.24) is 14.7 Å². The van der Waals surface area contributed by atoms with Gasteiger partial charge < -0.3 is 10.6 Å². The lowest BCUT2D eigenvalue weighted by Crippen LogP contribution is -2.42. The van der Waals surface area contributed by atoms with Crippen molar-refractivity contribution < 1.29 is 9.72 Å². The van der Waals surface area contributed by atoms with Gasteiger partial charge in [-0.2, -0.15) is 5.10 Å². The standard InChI is InChI=1S/C15H17N5O3.ClH/c16-12-5-7-18(8-6-12)15(21)11-9-17-19(10-11)13-1-3-14(4-2-13)20(22)23;/h1-4,9-10,12H,5-8,16H2;1H. The van der Waals surface area contributed by atoms with Crippen LogP contribution < -0.4 is 5.73 Å². The SMILES string of the molecule is Cl.NC1CCN(C(=O)c2cnn(-c3ccc([N+](=O)[O-])cc3)c2)CC1. The smallest absolute Gasteiger partial charge is 0.269 e. The Labute approximate surface area is 144 Å². The molecule has 2 aromatic rings. The van der Waals surface area contributed by atoms with Crippen molar-refractivity contribution in [1.29, 1.82) is 0 Å². The zero-order chi connectivity index (χ0) is 16.4. The van der Waals surface area contributed by atoms with Gasteiger partial charge in [-0.15, -0.1) is 12.4 Å². The Balaban J connectivity index is 0.00000208. The van der Waals surface area contributed by atoms with E-state index in [9.17, 15) is 14.9 Å². The quantitative estimate of drug-likeness (QED) is 0.669. The van der Waals surface area contributed by atoms with Gasteiger partial charge in [-0.3, -0.25) is 14.9 Å². The molecule has 2 heterocycles. The van der Waals surface area contributed by atoms with Gasteiger partial charge in [0, 0.05) is 37.5 Å². The van der Waals surface area contributed by atoms with Gasteiger partial charge in [-0.05, 0) is 25.0 Å². The summed E-state index contributed by atoms with van der Waals surface area (Å²) in [5.41, 5.74) is 7.02. The molecular formula is C15H18ClN5O3. The van der Waals surface area contributed by atoms with E-state index in [1.54, 1.807) is 23.2 Å². The molecule has 1 aromatic carbocycles. The third-order valence-electron chi connectivity index (χ3n) is 3.98. The molecule has 0 bridgehead atoms. The van der Waals surface area contributed by atoms with Crippen LogP contribution >= 0.6 is 12.4 Å². The number of nitro groups is 1. The van der Waals surface area contributed by atoms with Crippen molar-refractivity contribution in [2.24, 2.45) is 5.73 Å². The van der Waals surface area contributed by atoms with Crippen molar-refractivity contribution in [2.75, 3.05) is 13.1 Å². The van der Waals surface area contributed by atoms with Gasteiger partial charge in [0.25, 0.3) is 11.6 Å². The molecule has 8 nitrogen and oxygen atoms in total. The zero-order valence-corrected chi connectivity index (χ0v) is 13.7. The number of piperidine rings is 1. The third-order valence-corrected chi connectivity index (χ3v) is 3.98. The van der Waals surface area contributed by atoms with Gasteiger partial charge in [-0.1, -0.05) is 0 Å². The summed E-state index contributed by atoms with van der Waals surface area (Å²) in [5.74, 6) is -0.0648. The highest BCUT2D eigenvalue weighted by atomic mass is 35.5. The molecule has 1 aromatic heterocycles. The number of aromatic nitrogens is 2. The molecule has 128 valence electrons. The molecule has 24 heavy (non-hydrogen) atoms. The van der Waals surface area contributed by atoms with Crippen molar-refractivity contribution >= 4 is 24.0 Å². The van der Waals surface area contributed by atoms with E-state index in [1.165, 1.54) is 23.0 Å². The lowest BCUT2D eigenvalue weighted by Gasteiger charge is -2.29. The Kier molecular flexibility index (Phi) is 5.53. The maximum absolute atomic E-state index is 12.4. The number of nitro benzene ring substituents is 1. The molecule has 0 radical (unpaired) electrons. The molecule has 1 aliphatic heterocycles. The predicted octanol–water partition coefficient (Wildman–Crippen LogP) is 1.77. The van der Waals surface area contributed by atoms with Gasteiger partial charge in [0.2, 0.25) is 0 Å². The average molecular weight is 352 g/mol. The number of hydrogen-bond acceptors (Lipinski definition) is 5. The second-order valence-electron chi connectivity index (χ2n) is 5.58. The molecule has 0 aliphatic carbocycles. The van der Waals surface area contributed by atoms with Crippen LogP contribution in [-0.2, 0) is 0 Å². The summed E-state index contributed by atoms with van der Waals surface area (Å²) < 4.78 is 1.53. The van der Waals surface area contributed by atoms with Crippen LogP contribution in [0, 0.1) is 10.1 Å². The van der Waals surface area contributed by atoms with E-state index >= 15 is 0 Å². The molecule has 1 aliphatic rings. The van der Waals surface area contributed by atoms with Crippen molar-refractivity contribution in [2.45, 2.75) is 18.9 Å². The van der Waals surface area contributed by atoms with E-state index in [-0.39, 0.29) is 30.0 Å². The number of non-ortho nitro benzene ring substituents is 1. The van der Waals surface area contributed by atoms with E-state index in [0.717, 1.165) is 12.8 Å². The first kappa shape index (κ1) is 17.9. The van der Waals surface area contributed by atoms with Crippen LogP contribution in [0.1, 0.15) is 23.2 Å². The maximum atomic E-state index is 12.4. The molecule has 0 saturated carbocycles. The Morgan fingerprint density at radius 2 is 1.88 bits per heavy atom. The third kappa shape index (κ3) is 3.72. The summed E-state index contributed by atoms with van der Waals surface area (Å²) in [6, 6.07) is 6.18. The summed E-state index contributed by atoms with van der Waals surface area (Å²) in [7, 11) is 0. The van der Waals surface area contributed by atoms with Gasteiger partial charge in [-0.25, -0.2) is 4.68 Å². The summed E-state index contributed by atoms with van der Waals surface area (Å²) >= 11 is 0. The number of nitrogens with zero attached hydrogens (tertiary/aromatic N) is 4. The molecule has 2 N–H and O–H groups in total. The number of carbonyl (C=O) groups excluding carboxylic acids is 1. The highest BCUT2D eigenvalue weighted by Crippen LogP contribution is 2.17. The molecule has 0 atom stereocenters. The number of nitrogens with two attached hydrogens (primary N) is 1. The molecule has 0 unspecified atom stereocenters. The van der Waals surface area contributed by atoms with E-state index in [1.807, 2.05) is 0 Å². The molecule has 1 saturated heterocycles. The van der Waals surface area contributed by atoms with Crippen LogP contribution in [0.5, 0.6) is 0 Å². The first-order valence-electron chi connectivity index (χ1n) is 7.39. The largest absolute Gasteiger partial charge is 0.338 e. The second-order valence-corrected chi connectivity index (χ2v) is 5.58. The van der Waals surface area contributed by atoms with Crippen molar-refractivity contribution in [3.63, 3.8) is 0 Å².